The van der Waals surface area contributed by atoms with Gasteiger partial charge in [0.05, 0.1) is 12.1 Å². The number of carboxylic acid groups (broad SMARTS) is 1. The van der Waals surface area contributed by atoms with Gasteiger partial charge in [-0.25, -0.2) is 4.79 Å². The molecule has 1 aromatic carbocycles. The van der Waals surface area contributed by atoms with E-state index >= 15 is 0 Å². The van der Waals surface area contributed by atoms with Crippen molar-refractivity contribution >= 4 is 11.9 Å². The summed E-state index contributed by atoms with van der Waals surface area (Å²) in [4.78, 5) is 27.2. The first-order valence-corrected chi connectivity index (χ1v) is 7.22. The van der Waals surface area contributed by atoms with Crippen molar-refractivity contribution in [3.63, 3.8) is 0 Å². The van der Waals surface area contributed by atoms with E-state index in [0.717, 1.165) is 17.7 Å². The van der Waals surface area contributed by atoms with Crippen LogP contribution in [0.2, 0.25) is 0 Å². The molecular formula is C16H22N2O3. The summed E-state index contributed by atoms with van der Waals surface area (Å²) in [7, 11) is 1.81. The SMILES string of the molecule is CC(C)N(C)C(=O)CN1CCc2c(cccc2C(=O)O)C1. The Bertz CT molecular complexity index is 554. The molecule has 2 rings (SSSR count). The van der Waals surface area contributed by atoms with E-state index in [-0.39, 0.29) is 11.9 Å². The Hall–Kier alpha value is -1.88. The number of amides is 1. The maximum Gasteiger partial charge on any atom is 0.335 e. The van der Waals surface area contributed by atoms with Crippen molar-refractivity contribution < 1.29 is 14.7 Å². The average Bonchev–Trinajstić information content (AvgIpc) is 2.45. The molecule has 1 aromatic rings. The lowest BCUT2D eigenvalue weighted by atomic mass is 9.94. The molecule has 1 amide bonds. The van der Waals surface area contributed by atoms with Crippen LogP contribution in [0.4, 0.5) is 0 Å². The lowest BCUT2D eigenvalue weighted by molar-refractivity contribution is -0.132. The van der Waals surface area contributed by atoms with E-state index in [9.17, 15) is 14.7 Å². The highest BCUT2D eigenvalue weighted by Gasteiger charge is 2.23. The minimum atomic E-state index is -0.879. The molecule has 0 bridgehead atoms. The Kier molecular flexibility index (Phi) is 4.63. The van der Waals surface area contributed by atoms with Crippen LogP contribution in [0.3, 0.4) is 0 Å². The third kappa shape index (κ3) is 3.42. The molecule has 1 heterocycles. The van der Waals surface area contributed by atoms with Crippen LogP contribution in [0.5, 0.6) is 0 Å². The van der Waals surface area contributed by atoms with Crippen molar-refractivity contribution in [2.45, 2.75) is 32.9 Å². The first kappa shape index (κ1) is 15.5. The molecule has 21 heavy (non-hydrogen) atoms. The number of hydrogen-bond acceptors (Lipinski definition) is 3. The molecule has 1 aliphatic heterocycles. The molecule has 0 aromatic heterocycles. The predicted octanol–water partition coefficient (Wildman–Crippen LogP) is 1.61. The maximum atomic E-state index is 12.1. The first-order chi connectivity index (χ1) is 9.90. The zero-order valence-corrected chi connectivity index (χ0v) is 12.8. The Balaban J connectivity index is 2.08. The number of carboxylic acids is 1. The van der Waals surface area contributed by atoms with E-state index in [0.29, 0.717) is 25.1 Å². The predicted molar refractivity (Wildman–Crippen MR) is 80.3 cm³/mol. The normalized spacial score (nSPS) is 14.9. The molecule has 0 saturated carbocycles. The third-order valence-electron chi connectivity index (χ3n) is 4.10. The third-order valence-corrected chi connectivity index (χ3v) is 4.10. The van der Waals surface area contributed by atoms with E-state index < -0.39 is 5.97 Å². The molecule has 0 saturated heterocycles. The summed E-state index contributed by atoms with van der Waals surface area (Å²) in [6.07, 6.45) is 0.677. The molecular weight excluding hydrogens is 268 g/mol. The van der Waals surface area contributed by atoms with E-state index in [4.69, 9.17) is 0 Å². The highest BCUT2D eigenvalue weighted by Crippen LogP contribution is 2.22. The number of fused-ring (bicyclic) bond motifs is 1. The minimum Gasteiger partial charge on any atom is -0.478 e. The number of nitrogens with zero attached hydrogens (tertiary/aromatic N) is 2. The Morgan fingerprint density at radius 3 is 2.71 bits per heavy atom. The van der Waals surface area contributed by atoms with Crippen LogP contribution >= 0.6 is 0 Å². The second-order valence-corrected chi connectivity index (χ2v) is 5.81. The Labute approximate surface area is 125 Å². The summed E-state index contributed by atoms with van der Waals surface area (Å²) in [6.45, 7) is 5.71. The fourth-order valence-electron chi connectivity index (χ4n) is 2.59. The van der Waals surface area contributed by atoms with Crippen LogP contribution in [0.1, 0.15) is 35.3 Å². The summed E-state index contributed by atoms with van der Waals surface area (Å²) in [6, 6.07) is 5.56. The van der Waals surface area contributed by atoms with Crippen LogP contribution in [0, 0.1) is 0 Å². The number of benzene rings is 1. The largest absolute Gasteiger partial charge is 0.478 e. The standard InChI is InChI=1S/C16H22N2O3/c1-11(2)17(3)15(19)10-18-8-7-13-12(9-18)5-4-6-14(13)16(20)21/h4-6,11H,7-10H2,1-3H3,(H,20,21). The second kappa shape index (κ2) is 6.26. The molecule has 1 aliphatic rings. The molecule has 0 aliphatic carbocycles. The van der Waals surface area contributed by atoms with Gasteiger partial charge in [-0.05, 0) is 37.5 Å². The van der Waals surface area contributed by atoms with Crippen molar-refractivity contribution in [3.8, 4) is 0 Å². The van der Waals surface area contributed by atoms with Gasteiger partial charge in [0.2, 0.25) is 5.91 Å². The van der Waals surface area contributed by atoms with Gasteiger partial charge in [0.1, 0.15) is 0 Å². The summed E-state index contributed by atoms with van der Waals surface area (Å²) in [5, 5.41) is 9.21. The highest BCUT2D eigenvalue weighted by atomic mass is 16.4. The Morgan fingerprint density at radius 2 is 2.10 bits per heavy atom. The van der Waals surface area contributed by atoms with Gasteiger partial charge in [0.15, 0.2) is 0 Å². The maximum absolute atomic E-state index is 12.1. The molecule has 0 spiro atoms. The summed E-state index contributed by atoms with van der Waals surface area (Å²) in [5.74, 6) is -0.779. The van der Waals surface area contributed by atoms with Crippen molar-refractivity contribution in [1.82, 2.24) is 9.80 Å². The van der Waals surface area contributed by atoms with Crippen LogP contribution in [0.25, 0.3) is 0 Å². The van der Waals surface area contributed by atoms with Gasteiger partial charge in [-0.2, -0.15) is 0 Å². The van der Waals surface area contributed by atoms with Gasteiger partial charge in [0.25, 0.3) is 0 Å². The van der Waals surface area contributed by atoms with Gasteiger partial charge in [-0.1, -0.05) is 12.1 Å². The van der Waals surface area contributed by atoms with Gasteiger partial charge in [-0.3, -0.25) is 9.69 Å². The van der Waals surface area contributed by atoms with Crippen LogP contribution in [-0.2, 0) is 17.8 Å². The van der Waals surface area contributed by atoms with Gasteiger partial charge < -0.3 is 10.0 Å². The quantitative estimate of drug-likeness (QED) is 0.915. The zero-order valence-electron chi connectivity index (χ0n) is 12.8. The van der Waals surface area contributed by atoms with E-state index in [1.807, 2.05) is 27.0 Å². The number of hydrogen-bond donors (Lipinski definition) is 1. The zero-order chi connectivity index (χ0) is 15.6. The average molecular weight is 290 g/mol. The van der Waals surface area contributed by atoms with Crippen LogP contribution < -0.4 is 0 Å². The van der Waals surface area contributed by atoms with E-state index in [1.165, 1.54) is 0 Å². The minimum absolute atomic E-state index is 0.0999. The first-order valence-electron chi connectivity index (χ1n) is 7.22. The summed E-state index contributed by atoms with van der Waals surface area (Å²) in [5.41, 5.74) is 2.31. The molecule has 5 nitrogen and oxygen atoms in total. The molecule has 114 valence electrons. The van der Waals surface area contributed by atoms with Crippen molar-refractivity contribution in [2.75, 3.05) is 20.1 Å². The molecule has 0 fully saturated rings. The topological polar surface area (TPSA) is 60.9 Å². The van der Waals surface area contributed by atoms with E-state index in [2.05, 4.69) is 4.90 Å². The van der Waals surface area contributed by atoms with Crippen molar-refractivity contribution in [3.05, 3.63) is 34.9 Å². The molecule has 5 heteroatoms. The lowest BCUT2D eigenvalue weighted by Gasteiger charge is -2.31. The summed E-state index contributed by atoms with van der Waals surface area (Å²) >= 11 is 0. The van der Waals surface area contributed by atoms with E-state index in [1.54, 1.807) is 17.0 Å². The second-order valence-electron chi connectivity index (χ2n) is 5.81. The highest BCUT2D eigenvalue weighted by molar-refractivity contribution is 5.90. The molecule has 0 unspecified atom stereocenters. The fourth-order valence-corrected chi connectivity index (χ4v) is 2.59. The monoisotopic (exact) mass is 290 g/mol. The number of carbonyl (C=O) groups is 2. The van der Waals surface area contributed by atoms with Crippen LogP contribution in [0.15, 0.2) is 18.2 Å². The van der Waals surface area contributed by atoms with Gasteiger partial charge >= 0.3 is 5.97 Å². The number of rotatable bonds is 4. The van der Waals surface area contributed by atoms with Gasteiger partial charge in [-0.15, -0.1) is 0 Å². The van der Waals surface area contributed by atoms with Crippen molar-refractivity contribution in [2.24, 2.45) is 0 Å². The molecule has 0 radical (unpaired) electrons. The smallest absolute Gasteiger partial charge is 0.335 e. The lowest BCUT2D eigenvalue weighted by Crippen LogP contribution is -2.43. The molecule has 1 N–H and O–H groups in total. The number of carbonyl (C=O) groups excluding carboxylic acids is 1. The Morgan fingerprint density at radius 1 is 1.38 bits per heavy atom. The number of likely N-dealkylation sites (N-methyl/N-ethyl adjacent to an activating group) is 1. The van der Waals surface area contributed by atoms with Gasteiger partial charge in [0, 0.05) is 26.2 Å². The van der Waals surface area contributed by atoms with Crippen molar-refractivity contribution in [1.29, 1.82) is 0 Å². The molecule has 0 atom stereocenters. The fraction of sp³-hybridized carbons (Fsp3) is 0.500. The van der Waals surface area contributed by atoms with Crippen LogP contribution in [-0.4, -0.2) is 53.0 Å². The summed E-state index contributed by atoms with van der Waals surface area (Å²) < 4.78 is 0. The number of aromatic carboxylic acids is 1.